The molecular weight excluding hydrogens is 178 g/mol. The van der Waals surface area contributed by atoms with E-state index in [9.17, 15) is 0 Å². The summed E-state index contributed by atoms with van der Waals surface area (Å²) in [5.74, 6) is 1.65. The summed E-state index contributed by atoms with van der Waals surface area (Å²) in [6.07, 6.45) is 0.186. The molecule has 4 nitrogen and oxygen atoms in total. The van der Waals surface area contributed by atoms with Crippen LogP contribution < -0.4 is 5.32 Å². The van der Waals surface area contributed by atoms with E-state index in [1.165, 1.54) is 0 Å². The van der Waals surface area contributed by atoms with Crippen LogP contribution in [0.4, 0.5) is 5.82 Å². The molecule has 1 aromatic heterocycles. The van der Waals surface area contributed by atoms with Gasteiger partial charge in [0, 0.05) is 25.4 Å². The van der Waals surface area contributed by atoms with Gasteiger partial charge < -0.3 is 10.1 Å². The maximum absolute atomic E-state index is 5.13. The fraction of sp³-hybridized carbons (Fsp3) is 0.600. The molecule has 0 aromatic carbocycles. The first-order chi connectivity index (χ1) is 6.61. The second-order valence-corrected chi connectivity index (χ2v) is 3.37. The third-order valence-corrected chi connectivity index (χ3v) is 1.94. The molecule has 0 aliphatic heterocycles. The molecule has 0 spiro atoms. The summed E-state index contributed by atoms with van der Waals surface area (Å²) in [5, 5.41) is 3.20. The predicted molar refractivity (Wildman–Crippen MR) is 56.5 cm³/mol. The lowest BCUT2D eigenvalue weighted by atomic mass is 10.3. The molecule has 0 fully saturated rings. The van der Waals surface area contributed by atoms with Gasteiger partial charge in [0.2, 0.25) is 0 Å². The van der Waals surface area contributed by atoms with Crippen molar-refractivity contribution in [1.29, 1.82) is 0 Å². The van der Waals surface area contributed by atoms with Crippen molar-refractivity contribution >= 4 is 5.82 Å². The minimum atomic E-state index is 0.186. The van der Waals surface area contributed by atoms with Gasteiger partial charge in [-0.3, -0.25) is 0 Å². The van der Waals surface area contributed by atoms with E-state index in [4.69, 9.17) is 4.74 Å². The number of methoxy groups -OCH3 is 1. The van der Waals surface area contributed by atoms with Crippen LogP contribution in [-0.2, 0) is 4.74 Å². The Kier molecular flexibility index (Phi) is 3.83. The quantitative estimate of drug-likeness (QED) is 0.791. The Balaban J connectivity index is 2.58. The van der Waals surface area contributed by atoms with Gasteiger partial charge in [-0.1, -0.05) is 0 Å². The summed E-state index contributed by atoms with van der Waals surface area (Å²) < 4.78 is 5.13. The van der Waals surface area contributed by atoms with Gasteiger partial charge in [0.1, 0.15) is 11.6 Å². The van der Waals surface area contributed by atoms with Crippen molar-refractivity contribution in [3.8, 4) is 0 Å². The first-order valence-electron chi connectivity index (χ1n) is 4.70. The summed E-state index contributed by atoms with van der Waals surface area (Å²) in [6, 6.07) is 1.93. The van der Waals surface area contributed by atoms with Crippen LogP contribution in [0.15, 0.2) is 6.07 Å². The van der Waals surface area contributed by atoms with Gasteiger partial charge in [0.15, 0.2) is 0 Å². The van der Waals surface area contributed by atoms with Gasteiger partial charge in [-0.25, -0.2) is 9.97 Å². The third-order valence-electron chi connectivity index (χ3n) is 1.94. The van der Waals surface area contributed by atoms with E-state index < -0.39 is 0 Å². The van der Waals surface area contributed by atoms with Crippen molar-refractivity contribution in [3.63, 3.8) is 0 Å². The number of aryl methyl sites for hydroxylation is 2. The Hall–Kier alpha value is -1.16. The lowest BCUT2D eigenvalue weighted by Gasteiger charge is -2.11. The smallest absolute Gasteiger partial charge is 0.130 e. The first-order valence-corrected chi connectivity index (χ1v) is 4.70. The van der Waals surface area contributed by atoms with Crippen LogP contribution >= 0.6 is 0 Å². The molecule has 0 saturated heterocycles. The molecule has 1 aromatic rings. The van der Waals surface area contributed by atoms with Gasteiger partial charge in [-0.15, -0.1) is 0 Å². The number of anilines is 1. The van der Waals surface area contributed by atoms with Crippen LogP contribution in [0.1, 0.15) is 18.4 Å². The third kappa shape index (κ3) is 3.30. The van der Waals surface area contributed by atoms with Crippen molar-refractivity contribution in [2.75, 3.05) is 19.0 Å². The van der Waals surface area contributed by atoms with Gasteiger partial charge in [0.25, 0.3) is 0 Å². The second-order valence-electron chi connectivity index (χ2n) is 3.37. The summed E-state index contributed by atoms with van der Waals surface area (Å²) in [6.45, 7) is 6.61. The highest BCUT2D eigenvalue weighted by Crippen LogP contribution is 2.05. The summed E-state index contributed by atoms with van der Waals surface area (Å²) >= 11 is 0. The van der Waals surface area contributed by atoms with Crippen LogP contribution in [0.3, 0.4) is 0 Å². The second kappa shape index (κ2) is 4.91. The topological polar surface area (TPSA) is 47.0 Å². The van der Waals surface area contributed by atoms with E-state index in [-0.39, 0.29) is 6.10 Å². The van der Waals surface area contributed by atoms with Crippen molar-refractivity contribution < 1.29 is 4.74 Å². The molecule has 0 radical (unpaired) electrons. The van der Waals surface area contributed by atoms with E-state index in [1.54, 1.807) is 7.11 Å². The standard InChI is InChI=1S/C10H17N3O/c1-7-5-10(13-9(3)12-7)11-6-8(2)14-4/h5,8H,6H2,1-4H3,(H,11,12,13). The van der Waals surface area contributed by atoms with Gasteiger partial charge in [-0.2, -0.15) is 0 Å². The van der Waals surface area contributed by atoms with E-state index in [0.29, 0.717) is 0 Å². The molecule has 4 heteroatoms. The molecule has 1 unspecified atom stereocenters. The zero-order valence-electron chi connectivity index (χ0n) is 9.16. The van der Waals surface area contributed by atoms with Crippen LogP contribution in [0.2, 0.25) is 0 Å². The molecule has 0 bridgehead atoms. The molecule has 0 saturated carbocycles. The Bertz CT molecular complexity index is 281. The molecule has 0 amide bonds. The van der Waals surface area contributed by atoms with Crippen molar-refractivity contribution in [1.82, 2.24) is 9.97 Å². The van der Waals surface area contributed by atoms with E-state index >= 15 is 0 Å². The molecule has 1 rings (SSSR count). The molecule has 0 aliphatic carbocycles. The van der Waals surface area contributed by atoms with Crippen LogP contribution in [-0.4, -0.2) is 29.7 Å². The molecular formula is C10H17N3O. The van der Waals surface area contributed by atoms with Crippen LogP contribution in [0.25, 0.3) is 0 Å². The van der Waals surface area contributed by atoms with Crippen LogP contribution in [0.5, 0.6) is 0 Å². The van der Waals surface area contributed by atoms with E-state index in [2.05, 4.69) is 15.3 Å². The maximum Gasteiger partial charge on any atom is 0.130 e. The first kappa shape index (κ1) is 10.9. The fourth-order valence-electron chi connectivity index (χ4n) is 1.14. The molecule has 78 valence electrons. The number of hydrogen-bond acceptors (Lipinski definition) is 4. The number of aromatic nitrogens is 2. The minimum absolute atomic E-state index is 0.186. The number of hydrogen-bond donors (Lipinski definition) is 1. The molecule has 1 N–H and O–H groups in total. The minimum Gasteiger partial charge on any atom is -0.380 e. The summed E-state index contributed by atoms with van der Waals surface area (Å²) in [7, 11) is 1.70. The average Bonchev–Trinajstić information content (AvgIpc) is 2.12. The highest BCUT2D eigenvalue weighted by atomic mass is 16.5. The molecule has 0 aliphatic rings. The Morgan fingerprint density at radius 1 is 1.43 bits per heavy atom. The average molecular weight is 195 g/mol. The molecule has 14 heavy (non-hydrogen) atoms. The largest absolute Gasteiger partial charge is 0.380 e. The number of nitrogens with one attached hydrogen (secondary N) is 1. The molecule has 1 atom stereocenters. The zero-order valence-corrected chi connectivity index (χ0v) is 9.16. The number of ether oxygens (including phenoxy) is 1. The normalized spacial score (nSPS) is 12.6. The van der Waals surface area contributed by atoms with Crippen molar-refractivity contribution in [2.24, 2.45) is 0 Å². The van der Waals surface area contributed by atoms with Gasteiger partial charge in [0.05, 0.1) is 6.10 Å². The number of rotatable bonds is 4. The lowest BCUT2D eigenvalue weighted by Crippen LogP contribution is -2.19. The Morgan fingerprint density at radius 2 is 2.14 bits per heavy atom. The SMILES string of the molecule is COC(C)CNc1cc(C)nc(C)n1. The zero-order chi connectivity index (χ0) is 10.6. The summed E-state index contributed by atoms with van der Waals surface area (Å²) in [5.41, 5.74) is 0.977. The maximum atomic E-state index is 5.13. The van der Waals surface area contributed by atoms with Crippen molar-refractivity contribution in [2.45, 2.75) is 26.9 Å². The van der Waals surface area contributed by atoms with E-state index in [0.717, 1.165) is 23.9 Å². The van der Waals surface area contributed by atoms with Crippen molar-refractivity contribution in [3.05, 3.63) is 17.6 Å². The van der Waals surface area contributed by atoms with Gasteiger partial charge >= 0.3 is 0 Å². The highest BCUT2D eigenvalue weighted by Gasteiger charge is 2.01. The Labute approximate surface area is 84.7 Å². The predicted octanol–water partition coefficient (Wildman–Crippen LogP) is 1.54. The van der Waals surface area contributed by atoms with Gasteiger partial charge in [-0.05, 0) is 20.8 Å². The molecule has 1 heterocycles. The lowest BCUT2D eigenvalue weighted by molar-refractivity contribution is 0.128. The van der Waals surface area contributed by atoms with E-state index in [1.807, 2.05) is 26.8 Å². The highest BCUT2D eigenvalue weighted by molar-refractivity contribution is 5.35. The monoisotopic (exact) mass is 195 g/mol. The number of nitrogens with zero attached hydrogens (tertiary/aromatic N) is 2. The fourth-order valence-corrected chi connectivity index (χ4v) is 1.14. The summed E-state index contributed by atoms with van der Waals surface area (Å²) in [4.78, 5) is 8.46. The van der Waals surface area contributed by atoms with Crippen LogP contribution in [0, 0.1) is 13.8 Å². The Morgan fingerprint density at radius 3 is 2.71 bits per heavy atom.